The number of nitrogens with zero attached hydrogens (tertiary/aromatic N) is 2. The van der Waals surface area contributed by atoms with Crippen molar-refractivity contribution in [1.29, 1.82) is 0 Å². The first-order valence-electron chi connectivity index (χ1n) is 12.0. The van der Waals surface area contributed by atoms with Crippen LogP contribution in [0.5, 0.6) is 5.75 Å². The summed E-state index contributed by atoms with van der Waals surface area (Å²) in [6.45, 7) is 6.09. The van der Waals surface area contributed by atoms with E-state index >= 15 is 0 Å². The van der Waals surface area contributed by atoms with Gasteiger partial charge in [-0.15, -0.1) is 24.8 Å². The van der Waals surface area contributed by atoms with E-state index in [9.17, 15) is 4.79 Å². The van der Waals surface area contributed by atoms with Gasteiger partial charge in [0, 0.05) is 38.1 Å². The van der Waals surface area contributed by atoms with Gasteiger partial charge in [0.25, 0.3) is 0 Å². The summed E-state index contributed by atoms with van der Waals surface area (Å²) in [6, 6.07) is 8.29. The van der Waals surface area contributed by atoms with Gasteiger partial charge in [-0.1, -0.05) is 12.1 Å². The standard InChI is InChI=1S/C25H37N3O2.2ClH/c1-30-23-6-3-2-5-22(23)28-11-9-27(10-12-28)8-4-7-26-24(29)25-16-19-13-20(17-25)15-21(14-19)18-25;;/h2-3,5-6,19-21H,4,7-18H2,1H3,(H,26,29);2*1H. The molecule has 4 saturated carbocycles. The molecule has 1 N–H and O–H groups in total. The Balaban J connectivity index is 0.00000144. The molecular formula is C25H39Cl2N3O2. The lowest BCUT2D eigenvalue weighted by atomic mass is 9.49. The molecule has 1 aromatic carbocycles. The third-order valence-electron chi connectivity index (χ3n) is 8.25. The maximum absolute atomic E-state index is 13.1. The Kier molecular flexibility index (Phi) is 8.62. The molecule has 5 aliphatic rings. The van der Waals surface area contributed by atoms with Crippen LogP contribution in [-0.4, -0.2) is 57.2 Å². The molecule has 180 valence electrons. The van der Waals surface area contributed by atoms with E-state index in [0.717, 1.165) is 88.5 Å². The lowest BCUT2D eigenvalue weighted by molar-refractivity contribution is -0.146. The van der Waals surface area contributed by atoms with E-state index in [4.69, 9.17) is 4.74 Å². The highest BCUT2D eigenvalue weighted by atomic mass is 35.5. The zero-order chi connectivity index (χ0) is 20.6. The minimum absolute atomic E-state index is 0. The summed E-state index contributed by atoms with van der Waals surface area (Å²) in [7, 11) is 1.74. The number of methoxy groups -OCH3 is 1. The number of rotatable bonds is 7. The Morgan fingerprint density at radius 2 is 1.59 bits per heavy atom. The van der Waals surface area contributed by atoms with E-state index in [0.29, 0.717) is 5.91 Å². The first kappa shape index (κ1) is 25.5. The fraction of sp³-hybridized carbons (Fsp3) is 0.720. The lowest BCUT2D eigenvalue weighted by Gasteiger charge is -2.55. The van der Waals surface area contributed by atoms with Crippen LogP contribution in [-0.2, 0) is 4.79 Å². The molecule has 0 unspecified atom stereocenters. The van der Waals surface area contributed by atoms with Crippen LogP contribution in [0.25, 0.3) is 0 Å². The Morgan fingerprint density at radius 1 is 1.00 bits per heavy atom. The van der Waals surface area contributed by atoms with E-state index in [2.05, 4.69) is 27.2 Å². The molecule has 4 aliphatic carbocycles. The van der Waals surface area contributed by atoms with Crippen LogP contribution in [0.4, 0.5) is 5.69 Å². The van der Waals surface area contributed by atoms with Gasteiger partial charge in [0.15, 0.2) is 0 Å². The Morgan fingerprint density at radius 3 is 2.19 bits per heavy atom. The molecule has 0 spiro atoms. The van der Waals surface area contributed by atoms with Crippen molar-refractivity contribution in [2.24, 2.45) is 23.2 Å². The van der Waals surface area contributed by atoms with Crippen molar-refractivity contribution in [1.82, 2.24) is 10.2 Å². The quantitative estimate of drug-likeness (QED) is 0.584. The molecule has 6 rings (SSSR count). The highest BCUT2D eigenvalue weighted by Crippen LogP contribution is 2.60. The van der Waals surface area contributed by atoms with Gasteiger partial charge in [0.1, 0.15) is 5.75 Å². The first-order valence-corrected chi connectivity index (χ1v) is 12.0. The van der Waals surface area contributed by atoms with Crippen LogP contribution in [0.3, 0.4) is 0 Å². The first-order chi connectivity index (χ1) is 14.6. The van der Waals surface area contributed by atoms with Crippen LogP contribution >= 0.6 is 24.8 Å². The zero-order valence-electron chi connectivity index (χ0n) is 19.3. The smallest absolute Gasteiger partial charge is 0.226 e. The number of amides is 1. The molecule has 1 amide bonds. The molecule has 1 saturated heterocycles. The van der Waals surface area contributed by atoms with Gasteiger partial charge in [-0.25, -0.2) is 0 Å². The molecule has 4 bridgehead atoms. The van der Waals surface area contributed by atoms with E-state index in [-0.39, 0.29) is 30.2 Å². The number of hydrogen-bond acceptors (Lipinski definition) is 4. The number of carbonyl (C=O) groups is 1. The van der Waals surface area contributed by atoms with Crippen LogP contribution in [0.15, 0.2) is 24.3 Å². The van der Waals surface area contributed by atoms with Gasteiger partial charge in [0.2, 0.25) is 5.91 Å². The number of para-hydroxylation sites is 2. The summed E-state index contributed by atoms with van der Waals surface area (Å²) in [5.41, 5.74) is 1.19. The monoisotopic (exact) mass is 483 g/mol. The number of benzene rings is 1. The van der Waals surface area contributed by atoms with Crippen LogP contribution in [0, 0.1) is 23.2 Å². The van der Waals surface area contributed by atoms with Crippen molar-refractivity contribution in [2.75, 3.05) is 51.3 Å². The molecule has 7 heteroatoms. The Bertz CT molecular complexity index is 732. The van der Waals surface area contributed by atoms with Crippen molar-refractivity contribution in [3.8, 4) is 5.75 Å². The lowest BCUT2D eigenvalue weighted by Crippen LogP contribution is -2.53. The highest BCUT2D eigenvalue weighted by Gasteiger charge is 2.54. The van der Waals surface area contributed by atoms with Crippen molar-refractivity contribution < 1.29 is 9.53 Å². The average molecular weight is 485 g/mol. The van der Waals surface area contributed by atoms with Crippen molar-refractivity contribution in [3.05, 3.63) is 24.3 Å². The molecule has 32 heavy (non-hydrogen) atoms. The SMILES string of the molecule is COc1ccccc1N1CCN(CCCNC(=O)C23CC4CC(CC(C4)C2)C3)CC1.Cl.Cl. The number of ether oxygens (including phenoxy) is 1. The van der Waals surface area contributed by atoms with Gasteiger partial charge in [-0.05, 0) is 81.4 Å². The number of carbonyl (C=O) groups excluding carboxylic acids is 1. The van der Waals surface area contributed by atoms with Crippen LogP contribution in [0.1, 0.15) is 44.9 Å². The van der Waals surface area contributed by atoms with Crippen molar-refractivity contribution in [2.45, 2.75) is 44.9 Å². The molecule has 1 aromatic rings. The molecule has 5 fully saturated rings. The van der Waals surface area contributed by atoms with E-state index in [1.54, 1.807) is 7.11 Å². The van der Waals surface area contributed by atoms with Crippen molar-refractivity contribution >= 4 is 36.4 Å². The largest absolute Gasteiger partial charge is 0.495 e. The second-order valence-electron chi connectivity index (χ2n) is 10.3. The summed E-state index contributed by atoms with van der Waals surface area (Å²) < 4.78 is 5.52. The highest BCUT2D eigenvalue weighted by molar-refractivity contribution is 5.85. The predicted molar refractivity (Wildman–Crippen MR) is 134 cm³/mol. The number of halogens is 2. The minimum atomic E-state index is -0.00485. The summed E-state index contributed by atoms with van der Waals surface area (Å²) in [5.74, 6) is 3.84. The Hall–Kier alpha value is -1.17. The molecule has 0 radical (unpaired) electrons. The summed E-state index contributed by atoms with van der Waals surface area (Å²) in [6.07, 6.45) is 8.72. The van der Waals surface area contributed by atoms with E-state index in [1.807, 2.05) is 12.1 Å². The fourth-order valence-corrected chi connectivity index (χ4v) is 7.18. The number of piperazine rings is 1. The van der Waals surface area contributed by atoms with E-state index < -0.39 is 0 Å². The number of anilines is 1. The zero-order valence-corrected chi connectivity index (χ0v) is 20.9. The third-order valence-corrected chi connectivity index (χ3v) is 8.25. The van der Waals surface area contributed by atoms with Gasteiger partial charge in [-0.2, -0.15) is 0 Å². The third kappa shape index (κ3) is 5.15. The van der Waals surface area contributed by atoms with Gasteiger partial charge < -0.3 is 15.0 Å². The van der Waals surface area contributed by atoms with Gasteiger partial charge >= 0.3 is 0 Å². The minimum Gasteiger partial charge on any atom is -0.495 e. The molecule has 0 atom stereocenters. The molecule has 1 aliphatic heterocycles. The fourth-order valence-electron chi connectivity index (χ4n) is 7.18. The summed E-state index contributed by atoms with van der Waals surface area (Å²) in [5, 5.41) is 3.34. The maximum atomic E-state index is 13.1. The molecule has 5 nitrogen and oxygen atoms in total. The normalized spacial score (nSPS) is 30.9. The van der Waals surface area contributed by atoms with Gasteiger partial charge in [0.05, 0.1) is 12.8 Å². The second-order valence-corrected chi connectivity index (χ2v) is 10.3. The molecule has 1 heterocycles. The summed E-state index contributed by atoms with van der Waals surface area (Å²) >= 11 is 0. The van der Waals surface area contributed by atoms with Crippen LogP contribution in [0.2, 0.25) is 0 Å². The second kappa shape index (κ2) is 10.8. The van der Waals surface area contributed by atoms with Crippen molar-refractivity contribution in [3.63, 3.8) is 0 Å². The molecule has 0 aromatic heterocycles. The maximum Gasteiger partial charge on any atom is 0.226 e. The Labute approximate surface area is 205 Å². The van der Waals surface area contributed by atoms with E-state index in [1.165, 1.54) is 24.9 Å². The van der Waals surface area contributed by atoms with Gasteiger partial charge in [-0.3, -0.25) is 9.69 Å². The topological polar surface area (TPSA) is 44.8 Å². The average Bonchev–Trinajstić information content (AvgIpc) is 2.76. The summed E-state index contributed by atoms with van der Waals surface area (Å²) in [4.78, 5) is 18.0. The molecular weight excluding hydrogens is 445 g/mol. The number of nitrogens with one attached hydrogen (secondary N) is 1. The predicted octanol–water partition coefficient (Wildman–Crippen LogP) is 4.38. The van der Waals surface area contributed by atoms with Crippen LogP contribution < -0.4 is 15.0 Å². The number of hydrogen-bond donors (Lipinski definition) is 1.